The van der Waals surface area contributed by atoms with Gasteiger partial charge in [0.05, 0.1) is 11.7 Å². The van der Waals surface area contributed by atoms with Crippen LogP contribution in [0, 0.1) is 5.92 Å². The minimum atomic E-state index is 0.242. The lowest BCUT2D eigenvalue weighted by atomic mass is 9.77. The van der Waals surface area contributed by atoms with E-state index in [-0.39, 0.29) is 6.04 Å². The van der Waals surface area contributed by atoms with Crippen LogP contribution in [0.2, 0.25) is 5.02 Å². The summed E-state index contributed by atoms with van der Waals surface area (Å²) in [7, 11) is 0. The lowest BCUT2D eigenvalue weighted by molar-refractivity contribution is 0.304. The van der Waals surface area contributed by atoms with E-state index < -0.39 is 0 Å². The SMILES string of the molecule is Clc1ccc(C2Nc3c(OCc4ccccc4)cccc3C3C=CCC32)cc1. The zero-order valence-corrected chi connectivity index (χ0v) is 16.3. The van der Waals surface area contributed by atoms with Gasteiger partial charge in [-0.2, -0.15) is 0 Å². The molecule has 1 aliphatic carbocycles. The van der Waals surface area contributed by atoms with Gasteiger partial charge in [0.1, 0.15) is 12.4 Å². The molecule has 28 heavy (non-hydrogen) atoms. The molecule has 0 saturated heterocycles. The molecule has 0 amide bonds. The first-order valence-electron chi connectivity index (χ1n) is 9.78. The molecule has 1 heterocycles. The number of allylic oxidation sites excluding steroid dienone is 2. The summed E-state index contributed by atoms with van der Waals surface area (Å²) < 4.78 is 6.23. The highest BCUT2D eigenvalue weighted by Gasteiger charge is 2.38. The van der Waals surface area contributed by atoms with Crippen LogP contribution in [0.3, 0.4) is 0 Å². The summed E-state index contributed by atoms with van der Waals surface area (Å²) in [6, 6.07) is 25.1. The molecule has 0 spiro atoms. The smallest absolute Gasteiger partial charge is 0.143 e. The molecular weight excluding hydrogens is 366 g/mol. The molecule has 2 aliphatic rings. The van der Waals surface area contributed by atoms with Crippen LogP contribution in [-0.2, 0) is 6.61 Å². The zero-order chi connectivity index (χ0) is 18.9. The summed E-state index contributed by atoms with van der Waals surface area (Å²) in [6.07, 6.45) is 5.75. The molecule has 1 aliphatic heterocycles. The monoisotopic (exact) mass is 387 g/mol. The van der Waals surface area contributed by atoms with Gasteiger partial charge < -0.3 is 10.1 Å². The third kappa shape index (κ3) is 3.18. The minimum absolute atomic E-state index is 0.242. The van der Waals surface area contributed by atoms with Crippen LogP contribution in [0.25, 0.3) is 0 Å². The van der Waals surface area contributed by atoms with E-state index in [1.54, 1.807) is 0 Å². The number of ether oxygens (including phenoxy) is 1. The minimum Gasteiger partial charge on any atom is -0.487 e. The number of rotatable bonds is 4. The van der Waals surface area contributed by atoms with E-state index in [1.165, 1.54) is 16.7 Å². The standard InChI is InChI=1S/C25H22ClNO/c26-19-14-12-18(13-15-19)24-21-9-4-8-20(21)22-10-5-11-23(25(22)27-24)28-16-17-6-2-1-3-7-17/h1-8,10-15,20-21,24,27H,9,16H2. The Kier molecular flexibility index (Phi) is 4.58. The van der Waals surface area contributed by atoms with E-state index in [1.807, 2.05) is 30.3 Å². The maximum Gasteiger partial charge on any atom is 0.143 e. The van der Waals surface area contributed by atoms with Gasteiger partial charge in [0.25, 0.3) is 0 Å². The average molecular weight is 388 g/mol. The maximum absolute atomic E-state index is 6.23. The zero-order valence-electron chi connectivity index (χ0n) is 15.5. The first-order valence-corrected chi connectivity index (χ1v) is 10.2. The summed E-state index contributed by atoms with van der Waals surface area (Å²) >= 11 is 6.11. The molecular formula is C25H22ClNO. The molecule has 0 fully saturated rings. The molecule has 3 atom stereocenters. The van der Waals surface area contributed by atoms with Crippen LogP contribution in [0.4, 0.5) is 5.69 Å². The summed E-state index contributed by atoms with van der Waals surface area (Å²) in [5, 5.41) is 4.57. The molecule has 3 heteroatoms. The van der Waals surface area contributed by atoms with Gasteiger partial charge in [-0.05, 0) is 47.2 Å². The average Bonchev–Trinajstić information content (AvgIpc) is 3.23. The predicted molar refractivity (Wildman–Crippen MR) is 115 cm³/mol. The van der Waals surface area contributed by atoms with Crippen LogP contribution < -0.4 is 10.1 Å². The summed E-state index contributed by atoms with van der Waals surface area (Å²) in [6.45, 7) is 0.564. The van der Waals surface area contributed by atoms with Gasteiger partial charge in [0.15, 0.2) is 0 Å². The number of hydrogen-bond acceptors (Lipinski definition) is 2. The number of hydrogen-bond donors (Lipinski definition) is 1. The van der Waals surface area contributed by atoms with Crippen molar-refractivity contribution >= 4 is 17.3 Å². The van der Waals surface area contributed by atoms with Crippen LogP contribution in [-0.4, -0.2) is 0 Å². The van der Waals surface area contributed by atoms with Gasteiger partial charge in [0.2, 0.25) is 0 Å². The van der Waals surface area contributed by atoms with E-state index in [4.69, 9.17) is 16.3 Å². The second-order valence-electron chi connectivity index (χ2n) is 7.52. The van der Waals surface area contributed by atoms with Crippen molar-refractivity contribution in [2.45, 2.75) is 25.0 Å². The van der Waals surface area contributed by atoms with E-state index in [0.717, 1.165) is 22.9 Å². The van der Waals surface area contributed by atoms with Crippen molar-refractivity contribution in [3.8, 4) is 5.75 Å². The summed E-state index contributed by atoms with van der Waals surface area (Å²) in [5.74, 6) is 1.84. The number of benzene rings is 3. The van der Waals surface area contributed by atoms with Crippen molar-refractivity contribution in [1.82, 2.24) is 0 Å². The third-order valence-electron chi connectivity index (χ3n) is 5.82. The second-order valence-corrected chi connectivity index (χ2v) is 7.96. The Morgan fingerprint density at radius 2 is 1.75 bits per heavy atom. The lowest BCUT2D eigenvalue weighted by Gasteiger charge is -2.38. The van der Waals surface area contributed by atoms with Crippen molar-refractivity contribution in [1.29, 1.82) is 0 Å². The number of nitrogens with one attached hydrogen (secondary N) is 1. The van der Waals surface area contributed by atoms with Crippen LogP contribution in [0.1, 0.15) is 35.1 Å². The van der Waals surface area contributed by atoms with Crippen LogP contribution in [0.15, 0.2) is 84.9 Å². The normalized spacial score (nSPS) is 22.2. The fourth-order valence-corrected chi connectivity index (χ4v) is 4.57. The Morgan fingerprint density at radius 3 is 2.57 bits per heavy atom. The largest absolute Gasteiger partial charge is 0.487 e. The molecule has 3 unspecified atom stereocenters. The molecule has 5 rings (SSSR count). The third-order valence-corrected chi connectivity index (χ3v) is 6.08. The first kappa shape index (κ1) is 17.4. The quantitative estimate of drug-likeness (QED) is 0.500. The van der Waals surface area contributed by atoms with Gasteiger partial charge >= 0.3 is 0 Å². The van der Waals surface area contributed by atoms with Gasteiger partial charge in [-0.1, -0.05) is 78.4 Å². The molecule has 3 aromatic carbocycles. The number of para-hydroxylation sites is 1. The van der Waals surface area contributed by atoms with Gasteiger partial charge in [-0.25, -0.2) is 0 Å². The molecule has 2 nitrogen and oxygen atoms in total. The fraction of sp³-hybridized carbons (Fsp3) is 0.200. The molecule has 0 radical (unpaired) electrons. The first-order chi connectivity index (χ1) is 13.8. The molecule has 0 aromatic heterocycles. The Balaban J connectivity index is 1.49. The van der Waals surface area contributed by atoms with Gasteiger partial charge in [-0.3, -0.25) is 0 Å². The molecule has 1 N–H and O–H groups in total. The van der Waals surface area contributed by atoms with E-state index >= 15 is 0 Å². The van der Waals surface area contributed by atoms with Crippen LogP contribution >= 0.6 is 11.6 Å². The lowest BCUT2D eigenvalue weighted by Crippen LogP contribution is -2.29. The van der Waals surface area contributed by atoms with E-state index in [0.29, 0.717) is 18.4 Å². The molecule has 3 aromatic rings. The van der Waals surface area contributed by atoms with Crippen molar-refractivity contribution in [2.75, 3.05) is 5.32 Å². The van der Waals surface area contributed by atoms with Crippen molar-refractivity contribution < 1.29 is 4.74 Å². The molecule has 0 saturated carbocycles. The summed E-state index contributed by atoms with van der Waals surface area (Å²) in [4.78, 5) is 0. The van der Waals surface area contributed by atoms with E-state index in [9.17, 15) is 0 Å². The Bertz CT molecular complexity index is 997. The Morgan fingerprint density at radius 1 is 0.929 bits per heavy atom. The number of halogens is 1. The predicted octanol–water partition coefficient (Wildman–Crippen LogP) is 6.75. The van der Waals surface area contributed by atoms with E-state index in [2.05, 4.69) is 59.9 Å². The number of anilines is 1. The highest BCUT2D eigenvalue weighted by molar-refractivity contribution is 6.30. The Labute approximate surface area is 170 Å². The van der Waals surface area contributed by atoms with Crippen LogP contribution in [0.5, 0.6) is 5.75 Å². The van der Waals surface area contributed by atoms with Crippen molar-refractivity contribution in [3.63, 3.8) is 0 Å². The molecule has 140 valence electrons. The maximum atomic E-state index is 6.23. The van der Waals surface area contributed by atoms with Crippen molar-refractivity contribution in [2.24, 2.45) is 5.92 Å². The van der Waals surface area contributed by atoms with Gasteiger partial charge in [-0.15, -0.1) is 0 Å². The Hall–Kier alpha value is -2.71. The fourth-order valence-electron chi connectivity index (χ4n) is 4.45. The summed E-state index contributed by atoms with van der Waals surface area (Å²) in [5.41, 5.74) is 4.89. The van der Waals surface area contributed by atoms with Crippen molar-refractivity contribution in [3.05, 3.63) is 107 Å². The topological polar surface area (TPSA) is 21.3 Å². The highest BCUT2D eigenvalue weighted by atomic mass is 35.5. The molecule has 0 bridgehead atoms. The highest BCUT2D eigenvalue weighted by Crippen LogP contribution is 2.52. The number of fused-ring (bicyclic) bond motifs is 3. The second kappa shape index (κ2) is 7.37. The van der Waals surface area contributed by atoms with Gasteiger partial charge in [0, 0.05) is 10.9 Å².